The first-order valence-electron chi connectivity index (χ1n) is 3.24. The van der Waals surface area contributed by atoms with Gasteiger partial charge in [-0.15, -0.1) is 0 Å². The Morgan fingerprint density at radius 2 is 1.82 bits per heavy atom. The number of rotatable bonds is 2. The molecule has 0 aliphatic heterocycles. The van der Waals surface area contributed by atoms with Crippen LogP contribution in [0.25, 0.3) is 0 Å². The van der Waals surface area contributed by atoms with Crippen LogP contribution >= 0.6 is 0 Å². The van der Waals surface area contributed by atoms with Crippen LogP contribution < -0.4 is 4.74 Å². The summed E-state index contributed by atoms with van der Waals surface area (Å²) in [7, 11) is 0. The number of thiol groups is 1. The second kappa shape index (κ2) is 4.91. The van der Waals surface area contributed by atoms with E-state index in [-0.39, 0.29) is 19.2 Å². The van der Waals surface area contributed by atoms with E-state index in [0.717, 1.165) is 5.75 Å². The summed E-state index contributed by atoms with van der Waals surface area (Å²) in [6.07, 6.45) is 0. The molecular weight excluding hydrogens is 160 g/mol. The molecule has 0 spiro atoms. The molecule has 0 unspecified atom stereocenters. The average Bonchev–Trinajstić information content (AvgIpc) is 1.95. The summed E-state index contributed by atoms with van der Waals surface area (Å²) < 4.78 is 5.15. The van der Waals surface area contributed by atoms with E-state index in [0.29, 0.717) is 6.61 Å². The highest BCUT2D eigenvalue weighted by Gasteiger charge is 1.89. The van der Waals surface area contributed by atoms with Crippen molar-refractivity contribution >= 4 is 13.5 Å². The predicted octanol–water partition coefficient (Wildman–Crippen LogP) is 1.52. The van der Waals surface area contributed by atoms with Crippen molar-refractivity contribution in [1.29, 1.82) is 0 Å². The van der Waals surface area contributed by atoms with Gasteiger partial charge in [0.1, 0.15) is 11.5 Å². The zero-order valence-electron chi connectivity index (χ0n) is 6.32. The maximum Gasteiger partial charge on any atom is 0.119 e. The minimum atomic E-state index is 0. The molecule has 0 heterocycles. The van der Waals surface area contributed by atoms with E-state index in [1.54, 1.807) is 24.3 Å². The van der Waals surface area contributed by atoms with Gasteiger partial charge in [-0.05, 0) is 31.2 Å². The topological polar surface area (TPSA) is 29.5 Å². The first-order valence-corrected chi connectivity index (χ1v) is 3.24. The molecular formula is C8H11O2S-. The van der Waals surface area contributed by atoms with Crippen LogP contribution in [0.4, 0.5) is 0 Å². The first kappa shape index (κ1) is 10.2. The monoisotopic (exact) mass is 171 g/mol. The van der Waals surface area contributed by atoms with Crippen LogP contribution in [0.2, 0.25) is 0 Å². The van der Waals surface area contributed by atoms with E-state index < -0.39 is 0 Å². The van der Waals surface area contributed by atoms with E-state index in [2.05, 4.69) is 0 Å². The lowest BCUT2D eigenvalue weighted by molar-refractivity contribution is 0.339. The predicted molar refractivity (Wildman–Crippen MR) is 48.0 cm³/mol. The molecule has 0 atom stereocenters. The molecule has 0 saturated carbocycles. The minimum absolute atomic E-state index is 0. The highest BCUT2D eigenvalue weighted by Crippen LogP contribution is 2.15. The summed E-state index contributed by atoms with van der Waals surface area (Å²) in [6, 6.07) is 6.67. The van der Waals surface area contributed by atoms with Crippen LogP contribution in [0, 0.1) is 0 Å². The molecule has 2 nitrogen and oxygen atoms in total. The van der Waals surface area contributed by atoms with E-state index in [9.17, 15) is 0 Å². The molecule has 0 saturated heterocycles. The maximum absolute atomic E-state index is 8.87. The molecule has 3 heteroatoms. The van der Waals surface area contributed by atoms with Gasteiger partial charge in [-0.2, -0.15) is 0 Å². The Morgan fingerprint density at radius 3 is 2.27 bits per heavy atom. The lowest BCUT2D eigenvalue weighted by Crippen LogP contribution is -1.89. The fourth-order valence-corrected chi connectivity index (χ4v) is 0.709. The van der Waals surface area contributed by atoms with Gasteiger partial charge in [0.05, 0.1) is 6.61 Å². The summed E-state index contributed by atoms with van der Waals surface area (Å²) in [5.74, 6) is 1.06. The molecule has 11 heavy (non-hydrogen) atoms. The van der Waals surface area contributed by atoms with E-state index in [1.165, 1.54) is 0 Å². The van der Waals surface area contributed by atoms with Crippen molar-refractivity contribution in [2.75, 3.05) is 6.61 Å². The Labute approximate surface area is 73.3 Å². The van der Waals surface area contributed by atoms with Crippen LogP contribution in [0.5, 0.6) is 11.5 Å². The van der Waals surface area contributed by atoms with Gasteiger partial charge in [-0.25, -0.2) is 0 Å². The fourth-order valence-electron chi connectivity index (χ4n) is 0.709. The van der Waals surface area contributed by atoms with Crippen molar-refractivity contribution in [1.82, 2.24) is 0 Å². The smallest absolute Gasteiger partial charge is 0.119 e. The van der Waals surface area contributed by atoms with Gasteiger partial charge in [0.2, 0.25) is 0 Å². The number of phenolic OH excluding ortho intramolecular Hbond substituents is 1. The lowest BCUT2D eigenvalue weighted by atomic mass is 10.3. The summed E-state index contributed by atoms with van der Waals surface area (Å²) in [4.78, 5) is 0. The van der Waals surface area contributed by atoms with Gasteiger partial charge in [-0.3, -0.25) is 0 Å². The Hall–Kier alpha value is -0.830. The van der Waals surface area contributed by atoms with Crippen LogP contribution in [0.1, 0.15) is 6.92 Å². The van der Waals surface area contributed by atoms with Crippen LogP contribution in [0.3, 0.4) is 0 Å². The molecule has 62 valence electrons. The summed E-state index contributed by atoms with van der Waals surface area (Å²) in [5.41, 5.74) is 0. The fraction of sp³-hybridized carbons (Fsp3) is 0.250. The van der Waals surface area contributed by atoms with Gasteiger partial charge in [0, 0.05) is 0 Å². The molecule has 0 amide bonds. The lowest BCUT2D eigenvalue weighted by Gasteiger charge is -2.00. The molecule has 1 N–H and O–H groups in total. The van der Waals surface area contributed by atoms with E-state index in [1.807, 2.05) is 6.92 Å². The third-order valence-electron chi connectivity index (χ3n) is 1.15. The van der Waals surface area contributed by atoms with Crippen molar-refractivity contribution < 1.29 is 9.84 Å². The normalized spacial score (nSPS) is 8.45. The molecule has 0 radical (unpaired) electrons. The molecule has 1 aromatic rings. The van der Waals surface area contributed by atoms with Gasteiger partial charge in [-0.1, -0.05) is 0 Å². The highest BCUT2D eigenvalue weighted by molar-refractivity contribution is 7.37. The second-order valence-corrected chi connectivity index (χ2v) is 1.93. The number of hydrogen-bond acceptors (Lipinski definition) is 3. The van der Waals surface area contributed by atoms with Crippen LogP contribution in [-0.4, -0.2) is 11.7 Å². The Balaban J connectivity index is 0.000001000. The number of benzene rings is 1. The maximum atomic E-state index is 8.87. The van der Waals surface area contributed by atoms with Crippen molar-refractivity contribution in [2.45, 2.75) is 6.92 Å². The summed E-state index contributed by atoms with van der Waals surface area (Å²) in [6.45, 7) is 2.58. The standard InChI is InChI=1S/C8H10O2.H2S/c1-2-10-8-5-3-7(9)4-6-8;/h3-6,9H,2H2,1H3;1H2/p-1. The molecule has 1 rings (SSSR count). The largest absolute Gasteiger partial charge is 0.813 e. The number of hydrogen-bond donors (Lipinski definition) is 1. The van der Waals surface area contributed by atoms with E-state index >= 15 is 0 Å². The van der Waals surface area contributed by atoms with Gasteiger partial charge < -0.3 is 23.3 Å². The second-order valence-electron chi connectivity index (χ2n) is 1.93. The zero-order valence-corrected chi connectivity index (χ0v) is 7.21. The van der Waals surface area contributed by atoms with Crippen molar-refractivity contribution in [2.24, 2.45) is 0 Å². The van der Waals surface area contributed by atoms with E-state index in [4.69, 9.17) is 9.84 Å². The molecule has 0 bridgehead atoms. The van der Waals surface area contributed by atoms with Gasteiger partial charge in [0.15, 0.2) is 0 Å². The number of phenols is 1. The van der Waals surface area contributed by atoms with Crippen LogP contribution in [0.15, 0.2) is 24.3 Å². The van der Waals surface area contributed by atoms with Crippen molar-refractivity contribution in [3.8, 4) is 11.5 Å². The molecule has 0 aliphatic rings. The highest BCUT2D eigenvalue weighted by atomic mass is 32.1. The Morgan fingerprint density at radius 1 is 1.27 bits per heavy atom. The Kier molecular flexibility index (Phi) is 4.54. The third kappa shape index (κ3) is 3.18. The third-order valence-corrected chi connectivity index (χ3v) is 1.15. The molecule has 0 aliphatic carbocycles. The van der Waals surface area contributed by atoms with Gasteiger partial charge in [0.25, 0.3) is 0 Å². The van der Waals surface area contributed by atoms with Crippen molar-refractivity contribution in [3.63, 3.8) is 0 Å². The SMILES string of the molecule is CCOc1ccc(O)cc1.[SH-]. The first-order chi connectivity index (χ1) is 4.83. The molecule has 0 aromatic heterocycles. The molecule has 1 aromatic carbocycles. The minimum Gasteiger partial charge on any atom is -0.813 e. The van der Waals surface area contributed by atoms with Crippen LogP contribution in [-0.2, 0) is 13.5 Å². The average molecular weight is 171 g/mol. The van der Waals surface area contributed by atoms with Crippen molar-refractivity contribution in [3.05, 3.63) is 24.3 Å². The summed E-state index contributed by atoms with van der Waals surface area (Å²) in [5, 5.41) is 8.87. The molecule has 0 fully saturated rings. The van der Waals surface area contributed by atoms with Gasteiger partial charge >= 0.3 is 0 Å². The number of aromatic hydroxyl groups is 1. The Bertz CT molecular complexity index is 196. The quantitative estimate of drug-likeness (QED) is 0.540. The summed E-state index contributed by atoms with van der Waals surface area (Å²) >= 11 is 0. The number of ether oxygens (including phenoxy) is 1. The zero-order chi connectivity index (χ0) is 7.40.